The average molecular weight is 1090 g/mol. The van der Waals surface area contributed by atoms with E-state index in [-0.39, 0.29) is 17.2 Å². The van der Waals surface area contributed by atoms with Gasteiger partial charge in [-0.25, -0.2) is 4.98 Å². The third-order valence-electron chi connectivity index (χ3n) is 16.6. The third kappa shape index (κ3) is 9.15. The fourth-order valence-electron chi connectivity index (χ4n) is 13.8. The first-order valence-electron chi connectivity index (χ1n) is 27.6. The van der Waals surface area contributed by atoms with E-state index in [1.54, 1.807) is 12.3 Å². The van der Waals surface area contributed by atoms with Crippen LogP contribution in [0.2, 0.25) is 0 Å². The zero-order valence-electron chi connectivity index (χ0n) is 48.0. The Morgan fingerprint density at radius 3 is 0.866 bits per heavy atom. The van der Waals surface area contributed by atoms with Gasteiger partial charge in [0.05, 0.1) is 45.1 Å². The van der Waals surface area contributed by atoms with E-state index in [4.69, 9.17) is 4.98 Å². The number of pyridine rings is 1. The van der Waals surface area contributed by atoms with Crippen molar-refractivity contribution in [3.63, 3.8) is 0 Å². The summed E-state index contributed by atoms with van der Waals surface area (Å²) in [5, 5.41) is 3.51. The van der Waals surface area contributed by atoms with E-state index in [0.717, 1.165) is 156 Å². The quantitative estimate of drug-likeness (QED) is 0.146. The van der Waals surface area contributed by atoms with Gasteiger partial charge >= 0.3 is 12.4 Å². The minimum Gasteiger partial charge on any atom is -0.307 e. The normalized spacial score (nSPS) is 12.3. The molecule has 3 heterocycles. The van der Waals surface area contributed by atoms with Crippen LogP contribution in [0.3, 0.4) is 0 Å². The summed E-state index contributed by atoms with van der Waals surface area (Å²) in [6, 6.07) is 45.9. The lowest BCUT2D eigenvalue weighted by molar-refractivity contribution is -0.143. The highest BCUT2D eigenvalue weighted by Crippen LogP contribution is 2.46. The van der Waals surface area contributed by atoms with Gasteiger partial charge in [-0.15, -0.1) is 0 Å². The summed E-state index contributed by atoms with van der Waals surface area (Å²) in [5.74, 6) is 0.313. The number of benzene rings is 9. The van der Waals surface area contributed by atoms with Crippen LogP contribution in [0.15, 0.2) is 152 Å². The number of nitrogens with zero attached hydrogens (tertiary/aromatic N) is 3. The van der Waals surface area contributed by atoms with Crippen LogP contribution in [-0.4, -0.2) is 14.1 Å². The van der Waals surface area contributed by atoms with Crippen molar-refractivity contribution in [2.75, 3.05) is 0 Å². The van der Waals surface area contributed by atoms with Gasteiger partial charge in [0.2, 0.25) is 0 Å². The highest BCUT2D eigenvalue weighted by molar-refractivity contribution is 6.13. The van der Waals surface area contributed by atoms with Gasteiger partial charge < -0.3 is 4.57 Å². The Hall–Kier alpha value is -8.69. The molecule has 0 fully saturated rings. The number of aryl methyl sites for hydroxylation is 12. The standard InChI is InChI=1S/C73H61F6N3/c1-38-21-42(5)68(43(6)22-38)50-13-17-57-58-18-14-51(69-44(7)23-39(2)24-45(69)8)32-63(58)81(62(57)31-50)66-37-80-67(36-61(66)54-29-55(72(74,75)76)35-56(30-54)73(77,78)79)82-64-33-52(70-46(9)25-40(3)26-47(70)10)15-19-59(64)60-20-16-53(34-65(60)82)71-48(11)27-41(4)28-49(71)12/h13-37H,1-12H3. The molecule has 0 atom stereocenters. The molecule has 12 aromatic rings. The molecule has 3 aromatic heterocycles. The Balaban J connectivity index is 1.23. The van der Waals surface area contributed by atoms with E-state index >= 15 is 26.3 Å². The average Bonchev–Trinajstić information content (AvgIpc) is 2.83. The number of aromatic nitrogens is 3. The van der Waals surface area contributed by atoms with Gasteiger partial charge in [-0.05, 0) is 226 Å². The Bertz CT molecular complexity index is 4320. The van der Waals surface area contributed by atoms with Gasteiger partial charge in [-0.2, -0.15) is 26.3 Å². The van der Waals surface area contributed by atoms with Crippen LogP contribution in [-0.2, 0) is 12.4 Å². The van der Waals surface area contributed by atoms with Crippen molar-refractivity contribution >= 4 is 43.6 Å². The van der Waals surface area contributed by atoms with Crippen molar-refractivity contribution in [2.45, 2.75) is 95.4 Å². The smallest absolute Gasteiger partial charge is 0.307 e. The molecule has 0 aliphatic rings. The maximum atomic E-state index is 15.2. The number of alkyl halides is 6. The largest absolute Gasteiger partial charge is 0.416 e. The fraction of sp³-hybridized carbons (Fsp3) is 0.192. The molecule has 0 aliphatic heterocycles. The van der Waals surface area contributed by atoms with E-state index in [9.17, 15) is 0 Å². The molecule has 0 saturated heterocycles. The van der Waals surface area contributed by atoms with Gasteiger partial charge in [0, 0.05) is 27.1 Å². The summed E-state index contributed by atoms with van der Waals surface area (Å²) in [7, 11) is 0. The van der Waals surface area contributed by atoms with E-state index in [0.29, 0.717) is 22.5 Å². The van der Waals surface area contributed by atoms with E-state index in [1.807, 2.05) is 9.13 Å². The van der Waals surface area contributed by atoms with Crippen LogP contribution in [0.25, 0.3) is 111 Å². The van der Waals surface area contributed by atoms with Crippen LogP contribution < -0.4 is 0 Å². The molecule has 0 spiro atoms. The Kier molecular flexibility index (Phi) is 12.8. The first-order valence-corrected chi connectivity index (χ1v) is 27.6. The second-order valence-corrected chi connectivity index (χ2v) is 23.0. The van der Waals surface area contributed by atoms with Crippen molar-refractivity contribution in [3.8, 4) is 67.1 Å². The molecule has 0 aliphatic carbocycles. The van der Waals surface area contributed by atoms with E-state index in [2.05, 4.69) is 204 Å². The van der Waals surface area contributed by atoms with Crippen molar-refractivity contribution in [1.82, 2.24) is 14.1 Å². The van der Waals surface area contributed by atoms with Gasteiger partial charge in [0.25, 0.3) is 0 Å². The summed E-state index contributed by atoms with van der Waals surface area (Å²) in [6.45, 7) is 25.0. The van der Waals surface area contributed by atoms with Gasteiger partial charge in [0.1, 0.15) is 5.82 Å². The topological polar surface area (TPSA) is 22.8 Å². The number of halogens is 6. The van der Waals surface area contributed by atoms with Gasteiger partial charge in [0.15, 0.2) is 0 Å². The van der Waals surface area contributed by atoms with Crippen LogP contribution in [0.1, 0.15) is 77.9 Å². The molecule has 0 unspecified atom stereocenters. The second-order valence-electron chi connectivity index (χ2n) is 23.0. The first kappa shape index (κ1) is 53.9. The monoisotopic (exact) mass is 1090 g/mol. The maximum absolute atomic E-state index is 15.2. The lowest BCUT2D eigenvalue weighted by Gasteiger charge is -2.20. The zero-order valence-corrected chi connectivity index (χ0v) is 48.0. The summed E-state index contributed by atoms with van der Waals surface area (Å²) in [6.07, 6.45) is -8.60. The minimum absolute atomic E-state index is 0.124. The van der Waals surface area contributed by atoms with Crippen molar-refractivity contribution < 1.29 is 26.3 Å². The SMILES string of the molecule is Cc1cc(C)c(-c2ccc3c4ccc(-c5c(C)cc(C)cc5C)cc4n(-c4cc(-c5cc(C(F)(F)F)cc(C(F)(F)F)c5)c(-n5c6cc(-c7c(C)cc(C)cc7C)ccc6c6ccc(-c7c(C)cc(C)cc7C)cc65)cn4)c3c2)c(C)c1. The third-order valence-corrected chi connectivity index (χ3v) is 16.6. The summed E-state index contributed by atoms with van der Waals surface area (Å²) >= 11 is 0. The van der Waals surface area contributed by atoms with Crippen LogP contribution in [0, 0.1) is 83.1 Å². The van der Waals surface area contributed by atoms with E-state index < -0.39 is 23.5 Å². The Morgan fingerprint density at radius 2 is 0.585 bits per heavy atom. The molecule has 0 radical (unpaired) electrons. The fourth-order valence-corrected chi connectivity index (χ4v) is 13.8. The zero-order chi connectivity index (χ0) is 58.2. The molecule has 0 saturated carbocycles. The van der Waals surface area contributed by atoms with Crippen molar-refractivity contribution in [1.29, 1.82) is 0 Å². The van der Waals surface area contributed by atoms with Crippen LogP contribution in [0.4, 0.5) is 26.3 Å². The van der Waals surface area contributed by atoms with Crippen molar-refractivity contribution in [2.24, 2.45) is 0 Å². The minimum atomic E-state index is -5.12. The number of fused-ring (bicyclic) bond motifs is 6. The molecule has 0 amide bonds. The molecule has 3 nitrogen and oxygen atoms in total. The molecule has 9 heteroatoms. The predicted molar refractivity (Wildman–Crippen MR) is 327 cm³/mol. The lowest BCUT2D eigenvalue weighted by atomic mass is 9.92. The summed E-state index contributed by atoms with van der Waals surface area (Å²) in [4.78, 5) is 5.35. The van der Waals surface area contributed by atoms with Crippen LogP contribution >= 0.6 is 0 Å². The molecule has 0 bridgehead atoms. The van der Waals surface area contributed by atoms with E-state index in [1.165, 1.54) is 0 Å². The number of hydrogen-bond acceptors (Lipinski definition) is 1. The molecule has 0 N–H and O–H groups in total. The predicted octanol–water partition coefficient (Wildman–Crippen LogP) is 21.3. The number of rotatable bonds is 7. The van der Waals surface area contributed by atoms with Crippen molar-refractivity contribution in [3.05, 3.63) is 230 Å². The highest BCUT2D eigenvalue weighted by atomic mass is 19.4. The Morgan fingerprint density at radius 1 is 0.305 bits per heavy atom. The highest BCUT2D eigenvalue weighted by Gasteiger charge is 2.38. The lowest BCUT2D eigenvalue weighted by Crippen LogP contribution is -2.11. The van der Waals surface area contributed by atoms with Crippen LogP contribution in [0.5, 0.6) is 0 Å². The summed E-state index contributed by atoms with van der Waals surface area (Å²) < 4.78 is 95.3. The molecule has 9 aromatic carbocycles. The molecular weight excluding hydrogens is 1030 g/mol. The van der Waals surface area contributed by atoms with Gasteiger partial charge in [-0.3, -0.25) is 4.57 Å². The first-order chi connectivity index (χ1) is 38.8. The Labute approximate surface area is 474 Å². The molecular formula is C73H61F6N3. The number of hydrogen-bond donors (Lipinski definition) is 0. The molecule has 82 heavy (non-hydrogen) atoms. The molecule has 12 rings (SSSR count). The summed E-state index contributed by atoms with van der Waals surface area (Å²) in [5.41, 5.74) is 21.4. The second kappa shape index (κ2) is 19.5. The maximum Gasteiger partial charge on any atom is 0.416 e. The van der Waals surface area contributed by atoms with Gasteiger partial charge in [-0.1, -0.05) is 119 Å². The molecule has 410 valence electrons.